The molecule has 1 atom stereocenters. The van der Waals surface area contributed by atoms with Gasteiger partial charge in [0.15, 0.2) is 11.6 Å². The van der Waals surface area contributed by atoms with Crippen molar-refractivity contribution in [3.63, 3.8) is 0 Å². The summed E-state index contributed by atoms with van der Waals surface area (Å²) in [5.41, 5.74) is 5.45. The summed E-state index contributed by atoms with van der Waals surface area (Å²) >= 11 is 0. The predicted molar refractivity (Wildman–Crippen MR) is 84.7 cm³/mol. The Morgan fingerprint density at radius 2 is 1.92 bits per heavy atom. The molecule has 2 N–H and O–H groups in total. The van der Waals surface area contributed by atoms with E-state index in [0.717, 1.165) is 12.1 Å². The van der Waals surface area contributed by atoms with Crippen molar-refractivity contribution in [2.24, 2.45) is 5.73 Å². The lowest BCUT2D eigenvalue weighted by molar-refractivity contribution is -0.118. The Morgan fingerprint density at radius 3 is 2.50 bits per heavy atom. The standard InChI is InChI=1S/C16H17F2N3O3/c1-4-24-16(23)10-5-9-6-11(17)12(18)7-13(9)20-15(10)21(3)8(2)14(19)22/h5-8H,4H2,1-3H3,(H2,19,22). The highest BCUT2D eigenvalue weighted by atomic mass is 19.2. The van der Waals surface area contributed by atoms with Gasteiger partial charge in [-0.25, -0.2) is 18.6 Å². The average Bonchev–Trinajstić information content (AvgIpc) is 2.53. The second-order valence-electron chi connectivity index (χ2n) is 5.23. The fourth-order valence-electron chi connectivity index (χ4n) is 2.16. The molecule has 0 saturated carbocycles. The first-order chi connectivity index (χ1) is 11.3. The van der Waals surface area contributed by atoms with Crippen molar-refractivity contribution in [3.05, 3.63) is 35.4 Å². The highest BCUT2D eigenvalue weighted by molar-refractivity contribution is 6.00. The fourth-order valence-corrected chi connectivity index (χ4v) is 2.16. The molecule has 1 heterocycles. The SMILES string of the molecule is CCOC(=O)c1cc2cc(F)c(F)cc2nc1N(C)C(C)C(N)=O. The lowest BCUT2D eigenvalue weighted by atomic mass is 10.1. The lowest BCUT2D eigenvalue weighted by Gasteiger charge is -2.25. The van der Waals surface area contributed by atoms with Crippen molar-refractivity contribution < 1.29 is 23.1 Å². The zero-order valence-electron chi connectivity index (χ0n) is 13.5. The molecule has 2 rings (SSSR count). The van der Waals surface area contributed by atoms with Crippen LogP contribution < -0.4 is 10.6 Å². The topological polar surface area (TPSA) is 85.5 Å². The van der Waals surface area contributed by atoms with Gasteiger partial charge in [0.05, 0.1) is 12.1 Å². The minimum Gasteiger partial charge on any atom is -0.462 e. The first-order valence-electron chi connectivity index (χ1n) is 7.25. The summed E-state index contributed by atoms with van der Waals surface area (Å²) in [7, 11) is 1.52. The van der Waals surface area contributed by atoms with E-state index in [4.69, 9.17) is 10.5 Å². The first kappa shape index (κ1) is 17.6. The highest BCUT2D eigenvalue weighted by Gasteiger charge is 2.24. The van der Waals surface area contributed by atoms with Crippen LogP contribution in [0.15, 0.2) is 18.2 Å². The molecule has 0 bridgehead atoms. The Balaban J connectivity index is 2.69. The van der Waals surface area contributed by atoms with E-state index in [2.05, 4.69) is 4.98 Å². The molecule has 0 radical (unpaired) electrons. The number of carbonyl (C=O) groups excluding carboxylic acids is 2. The number of amides is 1. The maximum Gasteiger partial charge on any atom is 0.341 e. The number of ether oxygens (including phenoxy) is 1. The maximum absolute atomic E-state index is 13.5. The van der Waals surface area contributed by atoms with Crippen LogP contribution in [0.4, 0.5) is 14.6 Å². The third kappa shape index (κ3) is 3.27. The summed E-state index contributed by atoms with van der Waals surface area (Å²) in [6.45, 7) is 3.30. The quantitative estimate of drug-likeness (QED) is 0.844. The van der Waals surface area contributed by atoms with Crippen LogP contribution in [0.1, 0.15) is 24.2 Å². The molecule has 128 valence electrons. The Hall–Kier alpha value is -2.77. The van der Waals surface area contributed by atoms with Gasteiger partial charge >= 0.3 is 5.97 Å². The van der Waals surface area contributed by atoms with Crippen LogP contribution in [0.3, 0.4) is 0 Å². The van der Waals surface area contributed by atoms with Gasteiger partial charge in [-0.05, 0) is 26.0 Å². The van der Waals surface area contributed by atoms with Gasteiger partial charge in [0.2, 0.25) is 5.91 Å². The summed E-state index contributed by atoms with van der Waals surface area (Å²) in [6, 6.07) is 2.45. The van der Waals surface area contributed by atoms with Gasteiger partial charge in [-0.1, -0.05) is 0 Å². The molecule has 1 unspecified atom stereocenters. The molecule has 0 aliphatic heterocycles. The number of nitrogens with two attached hydrogens (primary N) is 1. The monoisotopic (exact) mass is 337 g/mol. The average molecular weight is 337 g/mol. The number of hydrogen-bond donors (Lipinski definition) is 1. The van der Waals surface area contributed by atoms with Crippen LogP contribution in [0.25, 0.3) is 10.9 Å². The molecular formula is C16H17F2N3O3. The van der Waals surface area contributed by atoms with Gasteiger partial charge in [-0.3, -0.25) is 4.79 Å². The molecule has 8 heteroatoms. The summed E-state index contributed by atoms with van der Waals surface area (Å²) in [5.74, 6) is -3.32. The molecule has 6 nitrogen and oxygen atoms in total. The Kier molecular flexibility index (Phi) is 4.96. The van der Waals surface area contributed by atoms with Crippen molar-refractivity contribution >= 4 is 28.6 Å². The van der Waals surface area contributed by atoms with Crippen LogP contribution in [0, 0.1) is 11.6 Å². The van der Waals surface area contributed by atoms with E-state index in [1.165, 1.54) is 24.9 Å². The molecule has 2 aromatic rings. The second-order valence-corrected chi connectivity index (χ2v) is 5.23. The van der Waals surface area contributed by atoms with Crippen LogP contribution in [-0.4, -0.2) is 36.6 Å². The molecular weight excluding hydrogens is 320 g/mol. The van der Waals surface area contributed by atoms with E-state index in [1.807, 2.05) is 0 Å². The largest absolute Gasteiger partial charge is 0.462 e. The predicted octanol–water partition coefficient (Wildman–Crippen LogP) is 2.00. The molecule has 1 amide bonds. The minimum atomic E-state index is -1.06. The third-order valence-corrected chi connectivity index (χ3v) is 3.66. The molecule has 0 aliphatic carbocycles. The number of likely N-dealkylation sites (N-methyl/N-ethyl adjacent to an activating group) is 1. The molecule has 0 aliphatic rings. The van der Waals surface area contributed by atoms with Crippen LogP contribution in [-0.2, 0) is 9.53 Å². The highest BCUT2D eigenvalue weighted by Crippen LogP contribution is 2.26. The van der Waals surface area contributed by atoms with E-state index in [9.17, 15) is 18.4 Å². The van der Waals surface area contributed by atoms with Crippen LogP contribution in [0.2, 0.25) is 0 Å². The number of hydrogen-bond acceptors (Lipinski definition) is 5. The Morgan fingerprint density at radius 1 is 1.29 bits per heavy atom. The zero-order valence-corrected chi connectivity index (χ0v) is 13.5. The maximum atomic E-state index is 13.5. The van der Waals surface area contributed by atoms with Crippen molar-refractivity contribution in [1.82, 2.24) is 4.98 Å². The molecule has 1 aromatic heterocycles. The Labute approximate surface area is 137 Å². The number of fused-ring (bicyclic) bond motifs is 1. The summed E-state index contributed by atoms with van der Waals surface area (Å²) in [6.07, 6.45) is 0. The third-order valence-electron chi connectivity index (χ3n) is 3.66. The van der Waals surface area contributed by atoms with Gasteiger partial charge in [0, 0.05) is 18.5 Å². The number of halogens is 2. The fraction of sp³-hybridized carbons (Fsp3) is 0.312. The zero-order chi connectivity index (χ0) is 18.0. The number of benzene rings is 1. The van der Waals surface area contributed by atoms with E-state index in [-0.39, 0.29) is 28.9 Å². The molecule has 24 heavy (non-hydrogen) atoms. The van der Waals surface area contributed by atoms with Crippen molar-refractivity contribution in [1.29, 1.82) is 0 Å². The second kappa shape index (κ2) is 6.77. The number of nitrogens with zero attached hydrogens (tertiary/aromatic N) is 2. The van der Waals surface area contributed by atoms with Crippen molar-refractivity contribution in [2.75, 3.05) is 18.6 Å². The Bertz CT molecular complexity index is 811. The van der Waals surface area contributed by atoms with E-state index >= 15 is 0 Å². The van der Waals surface area contributed by atoms with Gasteiger partial charge in [0.1, 0.15) is 17.4 Å². The molecule has 1 aromatic carbocycles. The molecule has 0 saturated heterocycles. The molecule has 0 fully saturated rings. The number of pyridine rings is 1. The van der Waals surface area contributed by atoms with E-state index in [1.54, 1.807) is 6.92 Å². The lowest BCUT2D eigenvalue weighted by Crippen LogP contribution is -2.41. The number of rotatable bonds is 5. The number of esters is 1. The van der Waals surface area contributed by atoms with E-state index < -0.39 is 29.6 Å². The number of anilines is 1. The smallest absolute Gasteiger partial charge is 0.341 e. The van der Waals surface area contributed by atoms with Crippen LogP contribution >= 0.6 is 0 Å². The van der Waals surface area contributed by atoms with Gasteiger partial charge in [-0.2, -0.15) is 0 Å². The number of primary amides is 1. The molecule has 0 spiro atoms. The summed E-state index contributed by atoms with van der Waals surface area (Å²) in [4.78, 5) is 29.2. The summed E-state index contributed by atoms with van der Waals surface area (Å²) < 4.78 is 31.9. The van der Waals surface area contributed by atoms with Gasteiger partial charge in [0.25, 0.3) is 0 Å². The van der Waals surface area contributed by atoms with Crippen molar-refractivity contribution in [2.45, 2.75) is 19.9 Å². The number of aromatic nitrogens is 1. The number of carbonyl (C=O) groups is 2. The normalized spacial score (nSPS) is 12.0. The summed E-state index contributed by atoms with van der Waals surface area (Å²) in [5, 5.41) is 0.237. The minimum absolute atomic E-state index is 0.0333. The van der Waals surface area contributed by atoms with Crippen LogP contribution in [0.5, 0.6) is 0 Å². The van der Waals surface area contributed by atoms with Crippen molar-refractivity contribution in [3.8, 4) is 0 Å². The first-order valence-corrected chi connectivity index (χ1v) is 7.25. The van der Waals surface area contributed by atoms with Gasteiger partial charge < -0.3 is 15.4 Å². The van der Waals surface area contributed by atoms with Gasteiger partial charge in [-0.15, -0.1) is 0 Å². The van der Waals surface area contributed by atoms with E-state index in [0.29, 0.717) is 0 Å².